The Balaban J connectivity index is 2.48. The average molecular weight is 324 g/mol. The van der Waals surface area contributed by atoms with Crippen LogP contribution in [0, 0.1) is 23.5 Å². The highest BCUT2D eigenvalue weighted by atomic mass is 35.5. The van der Waals surface area contributed by atoms with E-state index < -0.39 is 0 Å². The molecular weight excluding hydrogens is 315 g/mol. The Morgan fingerprint density at radius 2 is 1.81 bits per heavy atom. The number of nitriles is 1. The van der Waals surface area contributed by atoms with Gasteiger partial charge in [0, 0.05) is 10.0 Å². The van der Waals surface area contributed by atoms with Crippen molar-refractivity contribution in [2.24, 2.45) is 0 Å². The maximum atomic E-state index is 11.2. The highest BCUT2D eigenvalue weighted by Gasteiger charge is 2.11. The summed E-state index contributed by atoms with van der Waals surface area (Å²) in [6.07, 6.45) is 0. The molecule has 0 saturated heterocycles. The molecule has 0 aliphatic rings. The number of nitrogens with zero attached hydrogens (tertiary/aromatic N) is 2. The summed E-state index contributed by atoms with van der Waals surface area (Å²) < 4.78 is 5.53. The van der Waals surface area contributed by atoms with Crippen molar-refractivity contribution >= 4 is 28.9 Å². The van der Waals surface area contributed by atoms with Gasteiger partial charge in [0.25, 0.3) is 0 Å². The molecule has 0 radical (unpaired) electrons. The van der Waals surface area contributed by atoms with Crippen LogP contribution in [0.4, 0.5) is 5.69 Å². The third-order valence-electron chi connectivity index (χ3n) is 2.70. The van der Waals surface area contributed by atoms with Gasteiger partial charge in [-0.2, -0.15) is 5.26 Å². The minimum absolute atomic E-state index is 0.0855. The summed E-state index contributed by atoms with van der Waals surface area (Å²) in [6.45, 7) is 1.69. The van der Waals surface area contributed by atoms with Gasteiger partial charge >= 0.3 is 0 Å². The Morgan fingerprint density at radius 3 is 2.33 bits per heavy atom. The maximum absolute atomic E-state index is 11.2. The SMILES string of the molecule is Cc1cc(Oc2cc(Cl)cc(Cl)c2)c(N([O-])O)cc1C#N. The molecule has 0 saturated carbocycles. The van der Waals surface area contributed by atoms with Gasteiger partial charge in [0.1, 0.15) is 5.75 Å². The van der Waals surface area contributed by atoms with E-state index in [2.05, 4.69) is 0 Å². The predicted molar refractivity (Wildman–Crippen MR) is 80.1 cm³/mol. The molecule has 0 amide bonds. The Bertz CT molecular complexity index is 707. The molecule has 2 aromatic carbocycles. The lowest BCUT2D eigenvalue weighted by Crippen LogP contribution is -2.09. The van der Waals surface area contributed by atoms with Crippen molar-refractivity contribution < 1.29 is 9.94 Å². The molecule has 0 bridgehead atoms. The second-order valence-corrected chi connectivity index (χ2v) is 5.10. The lowest BCUT2D eigenvalue weighted by Gasteiger charge is -2.25. The predicted octanol–water partition coefficient (Wildman–Crippen LogP) is 4.66. The third-order valence-corrected chi connectivity index (χ3v) is 3.13. The van der Waals surface area contributed by atoms with Gasteiger partial charge in [-0.3, -0.25) is 5.21 Å². The molecular formula is C14H9Cl2N2O3-. The fourth-order valence-corrected chi connectivity index (χ4v) is 2.24. The van der Waals surface area contributed by atoms with Crippen molar-refractivity contribution in [1.82, 2.24) is 0 Å². The standard InChI is InChI=1S/C14H9Cl2N2O3/c1-8-2-14(13(18(19)20)3-9(8)7-17)21-12-5-10(15)4-11(16)6-12/h2-6,19H,1H3/q-1. The molecule has 0 aliphatic heterocycles. The molecule has 0 aromatic heterocycles. The summed E-state index contributed by atoms with van der Waals surface area (Å²) >= 11 is 11.7. The van der Waals surface area contributed by atoms with E-state index in [0.29, 0.717) is 21.4 Å². The van der Waals surface area contributed by atoms with Crippen LogP contribution >= 0.6 is 23.2 Å². The number of ether oxygens (including phenoxy) is 1. The minimum atomic E-state index is -0.359. The molecule has 0 fully saturated rings. The third kappa shape index (κ3) is 3.57. The average Bonchev–Trinajstić information content (AvgIpc) is 2.37. The van der Waals surface area contributed by atoms with Crippen LogP contribution in [0.5, 0.6) is 11.5 Å². The maximum Gasteiger partial charge on any atom is 0.152 e. The minimum Gasteiger partial charge on any atom is -0.733 e. The molecule has 2 rings (SSSR count). The van der Waals surface area contributed by atoms with Crippen LogP contribution in [0.3, 0.4) is 0 Å². The largest absolute Gasteiger partial charge is 0.733 e. The summed E-state index contributed by atoms with van der Waals surface area (Å²) in [4.78, 5) is 0. The van der Waals surface area contributed by atoms with Gasteiger partial charge in [-0.05, 0) is 42.8 Å². The van der Waals surface area contributed by atoms with Crippen molar-refractivity contribution in [1.29, 1.82) is 5.26 Å². The number of hydrogen-bond donors (Lipinski definition) is 1. The van der Waals surface area contributed by atoms with Crippen LogP contribution in [-0.4, -0.2) is 5.21 Å². The highest BCUT2D eigenvalue weighted by molar-refractivity contribution is 6.34. The van der Waals surface area contributed by atoms with Crippen molar-refractivity contribution in [2.45, 2.75) is 6.92 Å². The van der Waals surface area contributed by atoms with Gasteiger partial charge in [-0.15, -0.1) is 0 Å². The summed E-state index contributed by atoms with van der Waals surface area (Å²) in [5.41, 5.74) is 0.677. The lowest BCUT2D eigenvalue weighted by molar-refractivity contribution is 0.292. The first-order valence-electron chi connectivity index (χ1n) is 5.75. The van der Waals surface area contributed by atoms with E-state index in [1.165, 1.54) is 30.3 Å². The van der Waals surface area contributed by atoms with Crippen molar-refractivity contribution in [3.8, 4) is 17.6 Å². The fraction of sp³-hybridized carbons (Fsp3) is 0.0714. The van der Waals surface area contributed by atoms with Gasteiger partial charge in [0.2, 0.25) is 0 Å². The normalized spacial score (nSPS) is 10.1. The first kappa shape index (κ1) is 15.4. The second kappa shape index (κ2) is 6.20. The fourth-order valence-electron chi connectivity index (χ4n) is 1.74. The zero-order chi connectivity index (χ0) is 15.6. The van der Waals surface area contributed by atoms with Crippen molar-refractivity contribution in [3.05, 3.63) is 56.7 Å². The number of aryl methyl sites for hydroxylation is 1. The molecule has 21 heavy (non-hydrogen) atoms. The van der Waals surface area contributed by atoms with Crippen LogP contribution < -0.4 is 9.96 Å². The van der Waals surface area contributed by atoms with E-state index in [9.17, 15) is 5.21 Å². The molecule has 0 heterocycles. The van der Waals surface area contributed by atoms with Gasteiger partial charge in [0.05, 0.1) is 17.3 Å². The van der Waals surface area contributed by atoms with E-state index in [1.54, 1.807) is 6.92 Å². The summed E-state index contributed by atoms with van der Waals surface area (Å²) in [5.74, 6) is 0.391. The Labute approximate surface area is 131 Å². The number of halogens is 2. The van der Waals surface area contributed by atoms with E-state index in [4.69, 9.17) is 38.4 Å². The topological polar surface area (TPSA) is 79.6 Å². The number of anilines is 1. The van der Waals surface area contributed by atoms with Gasteiger partial charge in [-0.25, -0.2) is 0 Å². The van der Waals surface area contributed by atoms with E-state index in [1.807, 2.05) is 6.07 Å². The Kier molecular flexibility index (Phi) is 4.56. The molecule has 5 nitrogen and oxygen atoms in total. The zero-order valence-corrected chi connectivity index (χ0v) is 12.3. The van der Waals surface area contributed by atoms with Crippen LogP contribution in [0.1, 0.15) is 11.1 Å². The smallest absolute Gasteiger partial charge is 0.152 e. The van der Waals surface area contributed by atoms with E-state index >= 15 is 0 Å². The summed E-state index contributed by atoms with van der Waals surface area (Å²) in [5, 5.41) is 29.7. The number of rotatable bonds is 3. The van der Waals surface area contributed by atoms with Gasteiger partial charge in [-0.1, -0.05) is 23.2 Å². The molecule has 2 aromatic rings. The molecule has 108 valence electrons. The number of benzene rings is 2. The molecule has 0 aliphatic carbocycles. The lowest BCUT2D eigenvalue weighted by atomic mass is 10.1. The first-order chi connectivity index (χ1) is 9.90. The van der Waals surface area contributed by atoms with E-state index in [-0.39, 0.29) is 22.2 Å². The number of hydrogen-bond acceptors (Lipinski definition) is 5. The Hall–Kier alpha value is -1.97. The molecule has 7 heteroatoms. The zero-order valence-electron chi connectivity index (χ0n) is 10.8. The van der Waals surface area contributed by atoms with Crippen molar-refractivity contribution in [3.63, 3.8) is 0 Å². The Morgan fingerprint density at radius 1 is 1.19 bits per heavy atom. The van der Waals surface area contributed by atoms with Gasteiger partial charge in [0.15, 0.2) is 5.75 Å². The quantitative estimate of drug-likeness (QED) is 0.831. The molecule has 1 N–H and O–H groups in total. The van der Waals surface area contributed by atoms with Crippen LogP contribution in [-0.2, 0) is 0 Å². The van der Waals surface area contributed by atoms with Crippen LogP contribution in [0.15, 0.2) is 30.3 Å². The monoisotopic (exact) mass is 323 g/mol. The first-order valence-corrected chi connectivity index (χ1v) is 6.51. The molecule has 0 spiro atoms. The molecule has 0 atom stereocenters. The van der Waals surface area contributed by atoms with E-state index in [0.717, 1.165) is 0 Å². The molecule has 0 unspecified atom stereocenters. The van der Waals surface area contributed by atoms with Crippen molar-refractivity contribution in [2.75, 3.05) is 5.23 Å². The van der Waals surface area contributed by atoms with Crippen LogP contribution in [0.25, 0.3) is 0 Å². The van der Waals surface area contributed by atoms with Gasteiger partial charge < -0.3 is 15.2 Å². The summed E-state index contributed by atoms with van der Waals surface area (Å²) in [6, 6.07) is 9.20. The second-order valence-electron chi connectivity index (χ2n) is 4.23. The summed E-state index contributed by atoms with van der Waals surface area (Å²) in [7, 11) is 0. The highest BCUT2D eigenvalue weighted by Crippen LogP contribution is 2.35. The van der Waals surface area contributed by atoms with Crippen LogP contribution in [0.2, 0.25) is 10.0 Å².